The summed E-state index contributed by atoms with van der Waals surface area (Å²) in [4.78, 5) is 11.0. The van der Waals surface area contributed by atoms with E-state index in [1.54, 1.807) is 18.2 Å². The van der Waals surface area contributed by atoms with Crippen LogP contribution in [0, 0.1) is 0 Å². The standard InChI is InChI=1S/C10H13NO4/c12-6-5-11-10(14)15-7-8-3-1-2-4-9(8)13/h1-4,12-13H,5-7H2,(H,11,14). The van der Waals surface area contributed by atoms with Crippen LogP contribution in [0.25, 0.3) is 0 Å². The fraction of sp³-hybridized carbons (Fsp3) is 0.300. The fourth-order valence-corrected chi connectivity index (χ4v) is 0.985. The van der Waals surface area contributed by atoms with Crippen molar-refractivity contribution in [1.82, 2.24) is 5.32 Å². The monoisotopic (exact) mass is 211 g/mol. The van der Waals surface area contributed by atoms with Crippen molar-refractivity contribution in [2.24, 2.45) is 0 Å². The van der Waals surface area contributed by atoms with Gasteiger partial charge in [-0.3, -0.25) is 0 Å². The number of hydrogen-bond acceptors (Lipinski definition) is 4. The second kappa shape index (κ2) is 5.87. The van der Waals surface area contributed by atoms with E-state index in [0.717, 1.165) is 0 Å². The predicted molar refractivity (Wildman–Crippen MR) is 53.4 cm³/mol. The van der Waals surface area contributed by atoms with Gasteiger partial charge >= 0.3 is 6.09 Å². The number of benzene rings is 1. The lowest BCUT2D eigenvalue weighted by atomic mass is 10.2. The molecule has 15 heavy (non-hydrogen) atoms. The van der Waals surface area contributed by atoms with E-state index in [1.165, 1.54) is 6.07 Å². The second-order valence-corrected chi connectivity index (χ2v) is 2.86. The molecule has 0 bridgehead atoms. The van der Waals surface area contributed by atoms with E-state index in [4.69, 9.17) is 9.84 Å². The summed E-state index contributed by atoms with van der Waals surface area (Å²) in [6.45, 7) is 0.0230. The van der Waals surface area contributed by atoms with Crippen molar-refractivity contribution in [2.45, 2.75) is 6.61 Å². The van der Waals surface area contributed by atoms with Crippen LogP contribution in [0.3, 0.4) is 0 Å². The van der Waals surface area contributed by atoms with Crippen molar-refractivity contribution in [3.05, 3.63) is 29.8 Å². The molecule has 1 rings (SSSR count). The van der Waals surface area contributed by atoms with Crippen LogP contribution in [0.4, 0.5) is 4.79 Å². The van der Waals surface area contributed by atoms with Crippen molar-refractivity contribution in [2.75, 3.05) is 13.2 Å². The van der Waals surface area contributed by atoms with Gasteiger partial charge in [-0.1, -0.05) is 18.2 Å². The summed E-state index contributed by atoms with van der Waals surface area (Å²) in [6.07, 6.45) is -0.618. The summed E-state index contributed by atoms with van der Waals surface area (Å²) in [5, 5.41) is 20.1. The van der Waals surface area contributed by atoms with E-state index in [-0.39, 0.29) is 25.5 Å². The molecule has 0 heterocycles. The van der Waals surface area contributed by atoms with Crippen LogP contribution >= 0.6 is 0 Å². The molecule has 0 unspecified atom stereocenters. The maximum atomic E-state index is 11.0. The van der Waals surface area contributed by atoms with Gasteiger partial charge in [-0.25, -0.2) is 4.79 Å². The molecular formula is C10H13NO4. The third-order valence-electron chi connectivity index (χ3n) is 1.73. The molecule has 0 aliphatic rings. The Bertz CT molecular complexity index is 327. The highest BCUT2D eigenvalue weighted by molar-refractivity contribution is 5.67. The van der Waals surface area contributed by atoms with Crippen LogP contribution < -0.4 is 5.32 Å². The minimum Gasteiger partial charge on any atom is -0.508 e. The smallest absolute Gasteiger partial charge is 0.407 e. The zero-order valence-corrected chi connectivity index (χ0v) is 8.14. The Kier molecular flexibility index (Phi) is 4.43. The van der Waals surface area contributed by atoms with E-state index >= 15 is 0 Å². The van der Waals surface area contributed by atoms with Crippen molar-refractivity contribution < 1.29 is 19.7 Å². The van der Waals surface area contributed by atoms with Gasteiger partial charge in [0.25, 0.3) is 0 Å². The Morgan fingerprint density at radius 1 is 1.40 bits per heavy atom. The number of rotatable bonds is 4. The highest BCUT2D eigenvalue weighted by atomic mass is 16.5. The number of para-hydroxylation sites is 1. The number of aliphatic hydroxyl groups excluding tert-OH is 1. The molecule has 0 aliphatic heterocycles. The summed E-state index contributed by atoms with van der Waals surface area (Å²) in [6, 6.07) is 6.60. The Labute approximate surface area is 87.3 Å². The molecule has 0 aromatic heterocycles. The van der Waals surface area contributed by atoms with E-state index < -0.39 is 6.09 Å². The molecule has 0 fully saturated rings. The molecule has 82 valence electrons. The van der Waals surface area contributed by atoms with Crippen LogP contribution in [0.1, 0.15) is 5.56 Å². The van der Waals surface area contributed by atoms with Crippen LogP contribution in [-0.2, 0) is 11.3 Å². The molecule has 1 aromatic rings. The van der Waals surface area contributed by atoms with Crippen LogP contribution in [0.5, 0.6) is 5.75 Å². The van der Waals surface area contributed by atoms with E-state index in [0.29, 0.717) is 5.56 Å². The average molecular weight is 211 g/mol. The quantitative estimate of drug-likeness (QED) is 0.681. The highest BCUT2D eigenvalue weighted by Gasteiger charge is 2.04. The summed E-state index contributed by atoms with van der Waals surface area (Å²) >= 11 is 0. The number of nitrogens with one attached hydrogen (secondary N) is 1. The molecule has 1 amide bonds. The van der Waals surface area contributed by atoms with Crippen molar-refractivity contribution >= 4 is 6.09 Å². The number of phenolic OH excluding ortho intramolecular Hbond substituents is 1. The van der Waals surface area contributed by atoms with Crippen molar-refractivity contribution in [1.29, 1.82) is 0 Å². The topological polar surface area (TPSA) is 78.8 Å². The molecule has 5 nitrogen and oxygen atoms in total. The number of carbonyl (C=O) groups is 1. The Morgan fingerprint density at radius 3 is 2.80 bits per heavy atom. The molecule has 5 heteroatoms. The largest absolute Gasteiger partial charge is 0.508 e. The predicted octanol–water partition coefficient (Wildman–Crippen LogP) is 0.611. The number of hydrogen-bond donors (Lipinski definition) is 3. The van der Waals surface area contributed by atoms with Crippen LogP contribution in [0.2, 0.25) is 0 Å². The summed E-state index contributed by atoms with van der Waals surface area (Å²) < 4.78 is 4.79. The lowest BCUT2D eigenvalue weighted by Crippen LogP contribution is -2.26. The van der Waals surface area contributed by atoms with Gasteiger partial charge in [-0.05, 0) is 6.07 Å². The molecule has 3 N–H and O–H groups in total. The first kappa shape index (κ1) is 11.3. The average Bonchev–Trinajstić information content (AvgIpc) is 2.25. The first-order chi connectivity index (χ1) is 7.24. The van der Waals surface area contributed by atoms with Gasteiger partial charge in [0.2, 0.25) is 0 Å². The van der Waals surface area contributed by atoms with Crippen LogP contribution in [-0.4, -0.2) is 29.5 Å². The third kappa shape index (κ3) is 3.86. The van der Waals surface area contributed by atoms with E-state index in [1.807, 2.05) is 0 Å². The lowest BCUT2D eigenvalue weighted by molar-refractivity contribution is 0.136. The van der Waals surface area contributed by atoms with E-state index in [9.17, 15) is 9.90 Å². The lowest BCUT2D eigenvalue weighted by Gasteiger charge is -2.06. The summed E-state index contributed by atoms with van der Waals surface area (Å²) in [5.41, 5.74) is 0.539. The van der Waals surface area contributed by atoms with Gasteiger partial charge in [-0.15, -0.1) is 0 Å². The molecule has 0 aliphatic carbocycles. The van der Waals surface area contributed by atoms with Crippen molar-refractivity contribution in [3.63, 3.8) is 0 Å². The minimum absolute atomic E-state index is 0.00390. The van der Waals surface area contributed by atoms with Gasteiger partial charge in [0.05, 0.1) is 6.61 Å². The molecule has 0 atom stereocenters. The molecule has 0 saturated heterocycles. The third-order valence-corrected chi connectivity index (χ3v) is 1.73. The number of carbonyl (C=O) groups excluding carboxylic acids is 1. The number of phenols is 1. The minimum atomic E-state index is -0.618. The Morgan fingerprint density at radius 2 is 2.13 bits per heavy atom. The maximum absolute atomic E-state index is 11.0. The number of aromatic hydroxyl groups is 1. The first-order valence-electron chi connectivity index (χ1n) is 4.52. The van der Waals surface area contributed by atoms with Gasteiger partial charge in [0.1, 0.15) is 12.4 Å². The first-order valence-corrected chi connectivity index (χ1v) is 4.52. The zero-order valence-electron chi connectivity index (χ0n) is 8.14. The fourth-order valence-electron chi connectivity index (χ4n) is 0.985. The molecule has 1 aromatic carbocycles. The number of amides is 1. The highest BCUT2D eigenvalue weighted by Crippen LogP contribution is 2.16. The molecule has 0 spiro atoms. The van der Waals surface area contributed by atoms with Gasteiger partial charge in [0.15, 0.2) is 0 Å². The second-order valence-electron chi connectivity index (χ2n) is 2.86. The normalized spacial score (nSPS) is 9.67. The SMILES string of the molecule is O=C(NCCO)OCc1ccccc1O. The Balaban J connectivity index is 2.37. The number of aliphatic hydroxyl groups is 1. The van der Waals surface area contributed by atoms with E-state index in [2.05, 4.69) is 5.32 Å². The molecular weight excluding hydrogens is 198 g/mol. The molecule has 0 saturated carbocycles. The Hall–Kier alpha value is -1.75. The van der Waals surface area contributed by atoms with Crippen molar-refractivity contribution in [3.8, 4) is 5.75 Å². The maximum Gasteiger partial charge on any atom is 0.407 e. The van der Waals surface area contributed by atoms with Gasteiger partial charge in [-0.2, -0.15) is 0 Å². The van der Waals surface area contributed by atoms with Gasteiger partial charge < -0.3 is 20.3 Å². The molecule has 0 radical (unpaired) electrons. The number of alkyl carbamates (subject to hydrolysis) is 1. The van der Waals surface area contributed by atoms with Gasteiger partial charge in [0, 0.05) is 12.1 Å². The van der Waals surface area contributed by atoms with Crippen LogP contribution in [0.15, 0.2) is 24.3 Å². The summed E-state index contributed by atoms with van der Waals surface area (Å²) in [7, 11) is 0. The zero-order chi connectivity index (χ0) is 11.1. The number of ether oxygens (including phenoxy) is 1. The summed E-state index contributed by atoms with van der Waals surface area (Å²) in [5.74, 6) is 0.0902.